The molecule has 6 nitrogen and oxygen atoms in total. The van der Waals surface area contributed by atoms with Crippen LogP contribution in [0.3, 0.4) is 0 Å². The lowest BCUT2D eigenvalue weighted by atomic mass is 10.1. The van der Waals surface area contributed by atoms with Crippen molar-refractivity contribution in [3.63, 3.8) is 0 Å². The molecule has 152 valence electrons. The van der Waals surface area contributed by atoms with E-state index >= 15 is 0 Å². The number of nitrogens with zero attached hydrogens (tertiary/aromatic N) is 1. The molecule has 0 unspecified atom stereocenters. The van der Waals surface area contributed by atoms with Crippen LogP contribution in [0, 0.1) is 5.82 Å². The Morgan fingerprint density at radius 3 is 2.29 bits per heavy atom. The van der Waals surface area contributed by atoms with E-state index in [1.54, 1.807) is 0 Å². The molecule has 0 aromatic heterocycles. The van der Waals surface area contributed by atoms with Gasteiger partial charge in [0, 0.05) is 25.3 Å². The smallest absolute Gasteiger partial charge is 0.419 e. The van der Waals surface area contributed by atoms with E-state index < -0.39 is 33.5 Å². The van der Waals surface area contributed by atoms with Crippen molar-refractivity contribution in [3.05, 3.63) is 53.3 Å². The first-order chi connectivity index (χ1) is 12.9. The third kappa shape index (κ3) is 4.42. The summed E-state index contributed by atoms with van der Waals surface area (Å²) in [5, 5.41) is 2.19. The molecule has 0 spiro atoms. The minimum Gasteiger partial charge on any atom is -0.495 e. The Morgan fingerprint density at radius 1 is 1.11 bits per heavy atom. The van der Waals surface area contributed by atoms with Crippen molar-refractivity contribution in [2.75, 3.05) is 26.5 Å². The quantitative estimate of drug-likeness (QED) is 0.753. The highest BCUT2D eigenvalue weighted by molar-refractivity contribution is 7.89. The second-order valence-electron chi connectivity index (χ2n) is 5.80. The normalized spacial score (nSPS) is 12.1. The molecule has 11 heteroatoms. The van der Waals surface area contributed by atoms with Crippen LogP contribution in [0.2, 0.25) is 0 Å². The molecule has 2 aromatic carbocycles. The number of benzene rings is 2. The lowest BCUT2D eigenvalue weighted by Gasteiger charge is -2.16. The summed E-state index contributed by atoms with van der Waals surface area (Å²) in [7, 11) is -0.119. The zero-order valence-electron chi connectivity index (χ0n) is 15.0. The molecule has 1 N–H and O–H groups in total. The Morgan fingerprint density at radius 2 is 1.75 bits per heavy atom. The molecule has 0 fully saturated rings. The van der Waals surface area contributed by atoms with Crippen molar-refractivity contribution in [1.29, 1.82) is 0 Å². The summed E-state index contributed by atoms with van der Waals surface area (Å²) >= 11 is 0. The van der Waals surface area contributed by atoms with Crippen LogP contribution in [0.5, 0.6) is 5.75 Å². The summed E-state index contributed by atoms with van der Waals surface area (Å²) in [5.41, 5.74) is -1.97. The van der Waals surface area contributed by atoms with Crippen molar-refractivity contribution < 1.29 is 35.5 Å². The maximum atomic E-state index is 13.4. The van der Waals surface area contributed by atoms with E-state index in [1.807, 2.05) is 0 Å². The number of alkyl halides is 3. The number of hydrogen-bond acceptors (Lipinski definition) is 4. The summed E-state index contributed by atoms with van der Waals surface area (Å²) in [6, 6.07) is 5.53. The van der Waals surface area contributed by atoms with Crippen LogP contribution in [0.4, 0.5) is 23.2 Å². The van der Waals surface area contributed by atoms with Gasteiger partial charge in [-0.3, -0.25) is 4.79 Å². The molecular formula is C17H16F4N2O4S. The van der Waals surface area contributed by atoms with Gasteiger partial charge in [-0.05, 0) is 36.4 Å². The predicted octanol–water partition coefficient (Wildman–Crippen LogP) is 3.36. The summed E-state index contributed by atoms with van der Waals surface area (Å²) in [5.74, 6) is -2.36. The number of methoxy groups -OCH3 is 1. The molecule has 0 aliphatic heterocycles. The van der Waals surface area contributed by atoms with Crippen molar-refractivity contribution in [2.24, 2.45) is 0 Å². The van der Waals surface area contributed by atoms with E-state index in [2.05, 4.69) is 5.32 Å². The highest BCUT2D eigenvalue weighted by Gasteiger charge is 2.34. The average molecular weight is 420 g/mol. The van der Waals surface area contributed by atoms with E-state index in [4.69, 9.17) is 4.74 Å². The van der Waals surface area contributed by atoms with Crippen LogP contribution in [-0.4, -0.2) is 39.8 Å². The lowest BCUT2D eigenvalue weighted by molar-refractivity contribution is -0.139. The number of sulfonamides is 1. The van der Waals surface area contributed by atoms with Gasteiger partial charge in [0.1, 0.15) is 16.5 Å². The number of amides is 1. The summed E-state index contributed by atoms with van der Waals surface area (Å²) in [6.45, 7) is 0. The number of anilines is 1. The Hall–Kier alpha value is -2.66. The van der Waals surface area contributed by atoms with Gasteiger partial charge in [-0.1, -0.05) is 0 Å². The van der Waals surface area contributed by atoms with Gasteiger partial charge < -0.3 is 10.1 Å². The number of nitrogens with one attached hydrogen (secondary N) is 1. The first-order valence-corrected chi connectivity index (χ1v) is 9.10. The topological polar surface area (TPSA) is 75.7 Å². The largest absolute Gasteiger partial charge is 0.495 e. The second-order valence-corrected chi connectivity index (χ2v) is 7.92. The van der Waals surface area contributed by atoms with Gasteiger partial charge in [-0.15, -0.1) is 0 Å². The zero-order chi connectivity index (χ0) is 21.3. The highest BCUT2D eigenvalue weighted by atomic mass is 32.2. The molecular weight excluding hydrogens is 404 g/mol. The van der Waals surface area contributed by atoms with Crippen molar-refractivity contribution >= 4 is 21.6 Å². The Labute approximate surface area is 158 Å². The van der Waals surface area contributed by atoms with Crippen LogP contribution in [-0.2, 0) is 16.2 Å². The first kappa shape index (κ1) is 21.6. The maximum Gasteiger partial charge on any atom is 0.419 e. The zero-order valence-corrected chi connectivity index (χ0v) is 15.8. The molecule has 0 radical (unpaired) electrons. The Kier molecular flexibility index (Phi) is 6.00. The third-order valence-electron chi connectivity index (χ3n) is 3.71. The molecule has 0 atom stereocenters. The fourth-order valence-corrected chi connectivity index (χ4v) is 3.31. The molecule has 0 heterocycles. The standard InChI is InChI=1S/C17H16F4N2O4S/c1-23(2)28(25,26)15-8-10(4-7-14(15)27-3)16(24)22-11-5-6-13(18)12(9-11)17(19,20)21/h4-9H,1-3H3,(H,22,24). The van der Waals surface area contributed by atoms with Gasteiger partial charge in [0.05, 0.1) is 12.7 Å². The van der Waals surface area contributed by atoms with E-state index in [1.165, 1.54) is 33.3 Å². The summed E-state index contributed by atoms with van der Waals surface area (Å²) in [4.78, 5) is 12.1. The second kappa shape index (κ2) is 7.76. The maximum absolute atomic E-state index is 13.4. The fraction of sp³-hybridized carbons (Fsp3) is 0.235. The van der Waals surface area contributed by atoms with Crippen LogP contribution < -0.4 is 10.1 Å². The van der Waals surface area contributed by atoms with E-state index in [9.17, 15) is 30.8 Å². The average Bonchev–Trinajstić information content (AvgIpc) is 2.61. The van der Waals surface area contributed by atoms with Gasteiger partial charge in [-0.2, -0.15) is 13.2 Å². The van der Waals surface area contributed by atoms with E-state index in [-0.39, 0.29) is 21.9 Å². The van der Waals surface area contributed by atoms with Gasteiger partial charge in [0.2, 0.25) is 10.0 Å². The highest BCUT2D eigenvalue weighted by Crippen LogP contribution is 2.33. The van der Waals surface area contributed by atoms with Gasteiger partial charge in [-0.25, -0.2) is 17.1 Å². The van der Waals surface area contributed by atoms with Gasteiger partial charge in [0.25, 0.3) is 5.91 Å². The first-order valence-electron chi connectivity index (χ1n) is 7.66. The summed E-state index contributed by atoms with van der Waals surface area (Å²) in [6.07, 6.45) is -4.93. The molecule has 2 aromatic rings. The number of hydrogen-bond donors (Lipinski definition) is 1. The predicted molar refractivity (Wildman–Crippen MR) is 93.2 cm³/mol. The Balaban J connectivity index is 2.41. The molecule has 0 saturated heterocycles. The molecule has 0 bridgehead atoms. The van der Waals surface area contributed by atoms with Gasteiger partial charge in [0.15, 0.2) is 0 Å². The number of halogens is 4. The molecule has 28 heavy (non-hydrogen) atoms. The van der Waals surface area contributed by atoms with Gasteiger partial charge >= 0.3 is 6.18 Å². The van der Waals surface area contributed by atoms with Crippen LogP contribution in [0.1, 0.15) is 15.9 Å². The molecule has 0 aliphatic rings. The molecule has 0 aliphatic carbocycles. The Bertz CT molecular complexity index is 1000. The van der Waals surface area contributed by atoms with Crippen molar-refractivity contribution in [2.45, 2.75) is 11.1 Å². The van der Waals surface area contributed by atoms with Crippen molar-refractivity contribution in [1.82, 2.24) is 4.31 Å². The molecule has 0 saturated carbocycles. The van der Waals surface area contributed by atoms with Crippen molar-refractivity contribution in [3.8, 4) is 5.75 Å². The third-order valence-corrected chi connectivity index (χ3v) is 5.55. The minimum absolute atomic E-state index is 0.00797. The number of carbonyl (C=O) groups excluding carboxylic acids is 1. The van der Waals surface area contributed by atoms with Crippen LogP contribution in [0.25, 0.3) is 0 Å². The van der Waals surface area contributed by atoms with Crippen LogP contribution >= 0.6 is 0 Å². The minimum atomic E-state index is -4.93. The number of carbonyl (C=O) groups is 1. The number of rotatable bonds is 5. The SMILES string of the molecule is COc1ccc(C(=O)Nc2ccc(F)c(C(F)(F)F)c2)cc1S(=O)(=O)N(C)C. The number of ether oxygens (including phenoxy) is 1. The van der Waals surface area contributed by atoms with E-state index in [0.29, 0.717) is 12.1 Å². The fourth-order valence-electron chi connectivity index (χ4n) is 2.24. The van der Waals surface area contributed by atoms with E-state index in [0.717, 1.165) is 16.4 Å². The van der Waals surface area contributed by atoms with Crippen LogP contribution in [0.15, 0.2) is 41.3 Å². The molecule has 2 rings (SSSR count). The lowest BCUT2D eigenvalue weighted by Crippen LogP contribution is -2.23. The monoisotopic (exact) mass is 420 g/mol. The molecule has 1 amide bonds. The summed E-state index contributed by atoms with van der Waals surface area (Å²) < 4.78 is 82.4.